The average Bonchev–Trinajstić information content (AvgIpc) is 2.99. The fourth-order valence-electron chi connectivity index (χ4n) is 2.87. The highest BCUT2D eigenvalue weighted by atomic mass is 79.9. The van der Waals surface area contributed by atoms with Crippen molar-refractivity contribution < 1.29 is 18.8 Å². The third-order valence-corrected chi connectivity index (χ3v) is 5.92. The second kappa shape index (κ2) is 8.29. The molecule has 1 aromatic heterocycles. The lowest BCUT2D eigenvalue weighted by Gasteiger charge is -2.13. The highest BCUT2D eigenvalue weighted by molar-refractivity contribution is 9.10. The summed E-state index contributed by atoms with van der Waals surface area (Å²) >= 11 is 3.99. The number of para-hydroxylation sites is 2. The van der Waals surface area contributed by atoms with Crippen LogP contribution >= 0.6 is 27.7 Å². The Balaban J connectivity index is 1.54. The van der Waals surface area contributed by atoms with Gasteiger partial charge in [0.25, 0.3) is 11.1 Å². The van der Waals surface area contributed by atoms with Gasteiger partial charge in [-0.2, -0.15) is 0 Å². The average molecular weight is 485 g/mol. The van der Waals surface area contributed by atoms with Crippen molar-refractivity contribution in [1.82, 2.24) is 4.90 Å². The highest BCUT2D eigenvalue weighted by Gasteiger charge is 2.36. The molecule has 0 saturated carbocycles. The summed E-state index contributed by atoms with van der Waals surface area (Å²) < 4.78 is 6.11. The lowest BCUT2D eigenvalue weighted by molar-refractivity contribution is -0.127. The molecule has 3 aromatic rings. The summed E-state index contributed by atoms with van der Waals surface area (Å²) in [4.78, 5) is 50.7. The molecule has 150 valence electrons. The van der Waals surface area contributed by atoms with E-state index in [-0.39, 0.29) is 15.9 Å². The topological polar surface area (TPSA) is 96.7 Å². The minimum Gasteiger partial charge on any atom is -0.463 e. The first kappa shape index (κ1) is 20.1. The van der Waals surface area contributed by atoms with Crippen LogP contribution in [0.15, 0.2) is 73.4 Å². The van der Waals surface area contributed by atoms with Gasteiger partial charge in [0, 0.05) is 4.47 Å². The number of benzene rings is 2. The third-order valence-electron chi connectivity index (χ3n) is 4.32. The number of imide groups is 1. The van der Waals surface area contributed by atoms with E-state index in [1.165, 1.54) is 12.3 Å². The number of fused-ring (bicyclic) bond motifs is 1. The molecular formula is C21H13BrN2O5S. The molecule has 9 heteroatoms. The van der Waals surface area contributed by atoms with E-state index in [0.717, 1.165) is 4.90 Å². The fraction of sp³-hybridized carbons (Fsp3) is 0.0476. The number of carbonyl (C=O) groups excluding carboxylic acids is 3. The molecule has 2 heterocycles. The SMILES string of the molecule is O=C(CN1C(=O)S/C(=C\c2coc3ccccc3c2=O)C1=O)Nc1ccccc1Br. The van der Waals surface area contributed by atoms with Crippen molar-refractivity contribution >= 4 is 67.5 Å². The molecular weight excluding hydrogens is 472 g/mol. The summed E-state index contributed by atoms with van der Waals surface area (Å²) in [7, 11) is 0. The van der Waals surface area contributed by atoms with Crippen LogP contribution in [0.25, 0.3) is 17.0 Å². The summed E-state index contributed by atoms with van der Waals surface area (Å²) in [5.74, 6) is -1.16. The van der Waals surface area contributed by atoms with Crippen LogP contribution in [0.3, 0.4) is 0 Å². The molecule has 1 N–H and O–H groups in total. The Hall–Kier alpha value is -3.17. The Morgan fingerprint density at radius 2 is 1.83 bits per heavy atom. The van der Waals surface area contributed by atoms with Crippen LogP contribution in [-0.4, -0.2) is 28.5 Å². The Labute approximate surface area is 182 Å². The van der Waals surface area contributed by atoms with Gasteiger partial charge in [-0.15, -0.1) is 0 Å². The van der Waals surface area contributed by atoms with E-state index in [9.17, 15) is 19.2 Å². The number of nitrogens with zero attached hydrogens (tertiary/aromatic N) is 1. The van der Waals surface area contributed by atoms with Gasteiger partial charge < -0.3 is 9.73 Å². The number of halogens is 1. The van der Waals surface area contributed by atoms with Crippen LogP contribution in [0.5, 0.6) is 0 Å². The number of hydrogen-bond donors (Lipinski definition) is 1. The van der Waals surface area contributed by atoms with Crippen molar-refractivity contribution in [1.29, 1.82) is 0 Å². The quantitative estimate of drug-likeness (QED) is 0.556. The van der Waals surface area contributed by atoms with Crippen LogP contribution in [0.4, 0.5) is 10.5 Å². The molecule has 30 heavy (non-hydrogen) atoms. The fourth-order valence-corrected chi connectivity index (χ4v) is 4.08. The van der Waals surface area contributed by atoms with Gasteiger partial charge in [-0.25, -0.2) is 0 Å². The minimum absolute atomic E-state index is 0.0521. The Bertz CT molecular complexity index is 1280. The van der Waals surface area contributed by atoms with Crippen LogP contribution in [0.1, 0.15) is 5.56 Å². The van der Waals surface area contributed by atoms with Gasteiger partial charge in [-0.1, -0.05) is 24.3 Å². The van der Waals surface area contributed by atoms with E-state index in [0.29, 0.717) is 32.9 Å². The Kier molecular flexibility index (Phi) is 5.56. The van der Waals surface area contributed by atoms with Crippen molar-refractivity contribution in [2.75, 3.05) is 11.9 Å². The lowest BCUT2D eigenvalue weighted by Crippen LogP contribution is -2.36. The van der Waals surface area contributed by atoms with Crippen molar-refractivity contribution in [3.63, 3.8) is 0 Å². The number of carbonyl (C=O) groups is 3. The van der Waals surface area contributed by atoms with Gasteiger partial charge in [-0.05, 0) is 58.0 Å². The van der Waals surface area contributed by atoms with Crippen LogP contribution < -0.4 is 10.7 Å². The molecule has 1 aliphatic heterocycles. The Morgan fingerprint density at radius 3 is 2.63 bits per heavy atom. The molecule has 0 unspecified atom stereocenters. The first-order chi connectivity index (χ1) is 14.4. The number of amides is 3. The maximum Gasteiger partial charge on any atom is 0.294 e. The molecule has 1 saturated heterocycles. The molecule has 0 spiro atoms. The number of anilines is 1. The van der Waals surface area contributed by atoms with Gasteiger partial charge in [0.1, 0.15) is 18.4 Å². The van der Waals surface area contributed by atoms with Crippen molar-refractivity contribution in [3.05, 3.63) is 80.0 Å². The van der Waals surface area contributed by atoms with E-state index in [2.05, 4.69) is 21.2 Å². The standard InChI is InChI=1S/C21H13BrN2O5S/c22-14-6-2-3-7-15(14)23-18(25)10-24-20(27)17(30-21(24)28)9-12-11-29-16-8-4-1-5-13(16)19(12)26/h1-9,11H,10H2,(H,23,25)/b17-9-. The number of nitrogens with one attached hydrogen (secondary N) is 1. The van der Waals surface area contributed by atoms with Crippen LogP contribution in [0.2, 0.25) is 0 Å². The predicted molar refractivity (Wildman–Crippen MR) is 118 cm³/mol. The number of rotatable bonds is 4. The van der Waals surface area contributed by atoms with Gasteiger partial charge in [0.15, 0.2) is 5.43 Å². The number of thioether (sulfide) groups is 1. The molecule has 3 amide bonds. The van der Waals surface area contributed by atoms with E-state index < -0.39 is 23.6 Å². The molecule has 0 aliphatic carbocycles. The van der Waals surface area contributed by atoms with Gasteiger partial charge in [0.2, 0.25) is 5.91 Å². The Morgan fingerprint density at radius 1 is 1.10 bits per heavy atom. The van der Waals surface area contributed by atoms with E-state index >= 15 is 0 Å². The molecule has 4 rings (SSSR count). The maximum absolute atomic E-state index is 12.6. The molecule has 2 aromatic carbocycles. The maximum atomic E-state index is 12.6. The summed E-state index contributed by atoms with van der Waals surface area (Å²) in [6.45, 7) is -0.435. The number of hydrogen-bond acceptors (Lipinski definition) is 6. The molecule has 0 atom stereocenters. The summed E-state index contributed by atoms with van der Waals surface area (Å²) in [6, 6.07) is 13.7. The second-order valence-corrected chi connectivity index (χ2v) is 8.16. The summed E-state index contributed by atoms with van der Waals surface area (Å²) in [5.41, 5.74) is 0.794. The summed E-state index contributed by atoms with van der Waals surface area (Å²) in [5, 5.41) is 2.44. The predicted octanol–water partition coefficient (Wildman–Crippen LogP) is 4.23. The van der Waals surface area contributed by atoms with E-state index in [1.54, 1.807) is 48.5 Å². The normalized spacial score (nSPS) is 15.2. The lowest BCUT2D eigenvalue weighted by atomic mass is 10.1. The van der Waals surface area contributed by atoms with Crippen molar-refractivity contribution in [3.8, 4) is 0 Å². The first-order valence-corrected chi connectivity index (χ1v) is 10.4. The molecule has 1 aliphatic rings. The zero-order chi connectivity index (χ0) is 21.3. The zero-order valence-corrected chi connectivity index (χ0v) is 17.7. The van der Waals surface area contributed by atoms with Crippen LogP contribution in [-0.2, 0) is 9.59 Å². The van der Waals surface area contributed by atoms with Crippen molar-refractivity contribution in [2.45, 2.75) is 0 Å². The van der Waals surface area contributed by atoms with Crippen molar-refractivity contribution in [2.24, 2.45) is 0 Å². The zero-order valence-electron chi connectivity index (χ0n) is 15.3. The van der Waals surface area contributed by atoms with Gasteiger partial charge >= 0.3 is 0 Å². The highest BCUT2D eigenvalue weighted by Crippen LogP contribution is 2.32. The van der Waals surface area contributed by atoms with Gasteiger partial charge in [0.05, 0.1) is 21.5 Å². The third kappa shape index (κ3) is 3.94. The largest absolute Gasteiger partial charge is 0.463 e. The molecule has 0 radical (unpaired) electrons. The minimum atomic E-state index is -0.639. The monoisotopic (exact) mass is 484 g/mol. The van der Waals surface area contributed by atoms with E-state index in [4.69, 9.17) is 4.42 Å². The molecule has 7 nitrogen and oxygen atoms in total. The second-order valence-electron chi connectivity index (χ2n) is 6.31. The smallest absolute Gasteiger partial charge is 0.294 e. The van der Waals surface area contributed by atoms with E-state index in [1.807, 2.05) is 0 Å². The van der Waals surface area contributed by atoms with Crippen LogP contribution in [0, 0.1) is 0 Å². The van der Waals surface area contributed by atoms with Gasteiger partial charge in [-0.3, -0.25) is 24.1 Å². The molecule has 0 bridgehead atoms. The summed E-state index contributed by atoms with van der Waals surface area (Å²) in [6.07, 6.45) is 2.56. The first-order valence-electron chi connectivity index (χ1n) is 8.74. The molecule has 1 fully saturated rings.